The van der Waals surface area contributed by atoms with Crippen molar-refractivity contribution in [2.45, 2.75) is 5.25 Å². The first-order chi connectivity index (χ1) is 4.47. The van der Waals surface area contributed by atoms with E-state index in [-0.39, 0.29) is 0 Å². The van der Waals surface area contributed by atoms with Gasteiger partial charge in [0.05, 0.1) is 11.9 Å². The van der Waals surface area contributed by atoms with Gasteiger partial charge in [-0.25, -0.2) is 0 Å². The summed E-state index contributed by atoms with van der Waals surface area (Å²) in [6, 6.07) is 0. The second kappa shape index (κ2) is 2.23. The number of hydrogen-bond acceptors (Lipinski definition) is 3. The predicted molar refractivity (Wildman–Crippen MR) is 40.3 cm³/mol. The lowest BCUT2D eigenvalue weighted by Crippen LogP contribution is -2.42. The molecule has 0 aromatic heterocycles. The Morgan fingerprint density at radius 2 is 2.67 bits per heavy atom. The maximum absolute atomic E-state index is 3.31. The molecule has 0 bridgehead atoms. The highest BCUT2D eigenvalue weighted by Gasteiger charge is 2.21. The lowest BCUT2D eigenvalue weighted by atomic mass is 10.2. The summed E-state index contributed by atoms with van der Waals surface area (Å²) in [4.78, 5) is 0. The first-order valence-electron chi connectivity index (χ1n) is 3.23. The first-order valence-corrected chi connectivity index (χ1v) is 4.28. The van der Waals surface area contributed by atoms with E-state index in [4.69, 9.17) is 0 Å². The molecule has 50 valence electrons. The Bertz CT molecular complexity index is 144. The molecule has 1 atom stereocenters. The molecule has 0 radical (unpaired) electrons. The van der Waals surface area contributed by atoms with Crippen molar-refractivity contribution < 1.29 is 0 Å². The Morgan fingerprint density at radius 1 is 1.67 bits per heavy atom. The summed E-state index contributed by atoms with van der Waals surface area (Å²) in [5, 5.41) is 7.31. The minimum absolute atomic E-state index is 0.721. The van der Waals surface area contributed by atoms with Crippen molar-refractivity contribution in [2.24, 2.45) is 0 Å². The zero-order chi connectivity index (χ0) is 6.10. The minimum atomic E-state index is 0.721. The maximum Gasteiger partial charge on any atom is 0.0651 e. The van der Waals surface area contributed by atoms with Gasteiger partial charge >= 0.3 is 0 Å². The van der Waals surface area contributed by atoms with Crippen LogP contribution < -0.4 is 10.6 Å². The average Bonchev–Trinajstić information content (AvgIpc) is 2.33. The largest absolute Gasteiger partial charge is 0.375 e. The van der Waals surface area contributed by atoms with Crippen molar-refractivity contribution in [3.63, 3.8) is 0 Å². The predicted octanol–water partition coefficient (Wildman–Crippen LogP) is 0.136. The van der Waals surface area contributed by atoms with Gasteiger partial charge in [0.25, 0.3) is 0 Å². The summed E-state index contributed by atoms with van der Waals surface area (Å²) in [5.74, 6) is 1.19. The van der Waals surface area contributed by atoms with Gasteiger partial charge in [-0.15, -0.1) is 11.8 Å². The molecule has 2 aliphatic rings. The molecule has 0 saturated carbocycles. The molecular weight excluding hydrogens is 132 g/mol. The molecule has 3 heteroatoms. The third kappa shape index (κ3) is 0.946. The quantitative estimate of drug-likeness (QED) is 0.503. The minimum Gasteiger partial charge on any atom is -0.375 e. The molecule has 2 heterocycles. The molecule has 0 aromatic carbocycles. The summed E-state index contributed by atoms with van der Waals surface area (Å²) < 4.78 is 0. The second-order valence-electron chi connectivity index (χ2n) is 2.29. The smallest absolute Gasteiger partial charge is 0.0651 e. The van der Waals surface area contributed by atoms with Crippen LogP contribution in [0.25, 0.3) is 0 Å². The molecule has 2 nitrogen and oxygen atoms in total. The van der Waals surface area contributed by atoms with E-state index in [0.29, 0.717) is 0 Å². The third-order valence-electron chi connectivity index (χ3n) is 1.69. The van der Waals surface area contributed by atoms with E-state index in [0.717, 1.165) is 18.5 Å². The fourth-order valence-electron chi connectivity index (χ4n) is 1.20. The van der Waals surface area contributed by atoms with Gasteiger partial charge < -0.3 is 5.32 Å². The molecule has 0 aromatic rings. The van der Waals surface area contributed by atoms with Crippen molar-refractivity contribution in [1.29, 1.82) is 0 Å². The summed E-state index contributed by atoms with van der Waals surface area (Å²) in [6.07, 6.45) is 2.29. The van der Waals surface area contributed by atoms with Crippen molar-refractivity contribution >= 4 is 11.8 Å². The van der Waals surface area contributed by atoms with Crippen molar-refractivity contribution in [2.75, 3.05) is 19.0 Å². The zero-order valence-corrected chi connectivity index (χ0v) is 6.00. The van der Waals surface area contributed by atoms with E-state index in [9.17, 15) is 0 Å². The topological polar surface area (TPSA) is 24.1 Å². The first kappa shape index (κ1) is 5.62. The number of fused-ring (bicyclic) bond motifs is 1. The van der Waals surface area contributed by atoms with E-state index < -0.39 is 0 Å². The van der Waals surface area contributed by atoms with E-state index in [2.05, 4.69) is 16.7 Å². The highest BCUT2D eigenvalue weighted by molar-refractivity contribution is 8.00. The van der Waals surface area contributed by atoms with E-state index in [1.807, 2.05) is 11.8 Å². The van der Waals surface area contributed by atoms with Crippen molar-refractivity contribution in [3.8, 4) is 0 Å². The summed E-state index contributed by atoms with van der Waals surface area (Å²) in [6.45, 7) is 2.09. The van der Waals surface area contributed by atoms with Gasteiger partial charge in [0.1, 0.15) is 0 Å². The molecule has 1 fully saturated rings. The number of thioether (sulfide) groups is 1. The lowest BCUT2D eigenvalue weighted by Gasteiger charge is -2.22. The summed E-state index contributed by atoms with van der Waals surface area (Å²) in [5.41, 5.74) is 1.44. The standard InChI is InChI=1S/C6H10N2S/c1-2-9-6-3-7-4-8-5(1)6/h1,6-8H,2-4H2. The maximum atomic E-state index is 3.31. The van der Waals surface area contributed by atoms with E-state index in [1.54, 1.807) is 0 Å². The van der Waals surface area contributed by atoms with Gasteiger partial charge in [0, 0.05) is 18.0 Å². The Morgan fingerprint density at radius 3 is 3.56 bits per heavy atom. The number of rotatable bonds is 0. The van der Waals surface area contributed by atoms with Gasteiger partial charge in [-0.05, 0) is 0 Å². The highest BCUT2D eigenvalue weighted by Crippen LogP contribution is 2.25. The van der Waals surface area contributed by atoms with Crippen LogP contribution in [0.5, 0.6) is 0 Å². The third-order valence-corrected chi connectivity index (χ3v) is 2.88. The zero-order valence-electron chi connectivity index (χ0n) is 5.18. The Balaban J connectivity index is 2.09. The number of nitrogens with one attached hydrogen (secondary N) is 2. The van der Waals surface area contributed by atoms with Crippen LogP contribution in [0.3, 0.4) is 0 Å². The van der Waals surface area contributed by atoms with Crippen molar-refractivity contribution in [1.82, 2.24) is 10.6 Å². The molecular formula is C6H10N2S. The molecule has 0 spiro atoms. The molecule has 2 aliphatic heterocycles. The van der Waals surface area contributed by atoms with Crippen molar-refractivity contribution in [3.05, 3.63) is 11.8 Å². The van der Waals surface area contributed by atoms with Crippen LogP contribution in [-0.2, 0) is 0 Å². The van der Waals surface area contributed by atoms with Crippen LogP contribution in [0.1, 0.15) is 0 Å². The van der Waals surface area contributed by atoms with Crippen LogP contribution in [-0.4, -0.2) is 24.2 Å². The summed E-state index contributed by atoms with van der Waals surface area (Å²) >= 11 is 2.01. The lowest BCUT2D eigenvalue weighted by molar-refractivity contribution is 0.567. The fraction of sp³-hybridized carbons (Fsp3) is 0.667. The van der Waals surface area contributed by atoms with Crippen LogP contribution in [0, 0.1) is 0 Å². The van der Waals surface area contributed by atoms with E-state index in [1.165, 1.54) is 11.4 Å². The molecule has 2 rings (SSSR count). The SMILES string of the molecule is C1=C2NCNCC2SC1. The Labute approximate surface area is 59.1 Å². The monoisotopic (exact) mass is 142 g/mol. The van der Waals surface area contributed by atoms with Crippen LogP contribution in [0.4, 0.5) is 0 Å². The molecule has 9 heavy (non-hydrogen) atoms. The van der Waals surface area contributed by atoms with Crippen LogP contribution in [0.15, 0.2) is 11.8 Å². The summed E-state index contributed by atoms with van der Waals surface area (Å²) in [7, 11) is 0. The van der Waals surface area contributed by atoms with Gasteiger partial charge in [-0.3, -0.25) is 5.32 Å². The highest BCUT2D eigenvalue weighted by atomic mass is 32.2. The van der Waals surface area contributed by atoms with Gasteiger partial charge in [0.15, 0.2) is 0 Å². The second-order valence-corrected chi connectivity index (χ2v) is 3.52. The molecule has 1 saturated heterocycles. The van der Waals surface area contributed by atoms with Gasteiger partial charge in [0.2, 0.25) is 0 Å². The van der Waals surface area contributed by atoms with Crippen LogP contribution >= 0.6 is 11.8 Å². The molecule has 1 unspecified atom stereocenters. The Hall–Kier alpha value is -0.150. The van der Waals surface area contributed by atoms with E-state index >= 15 is 0 Å². The Kier molecular flexibility index (Phi) is 1.39. The van der Waals surface area contributed by atoms with Gasteiger partial charge in [-0.1, -0.05) is 6.08 Å². The normalized spacial score (nSPS) is 32.9. The average molecular weight is 142 g/mol. The fourth-order valence-corrected chi connectivity index (χ4v) is 2.30. The van der Waals surface area contributed by atoms with Gasteiger partial charge in [-0.2, -0.15) is 0 Å². The number of hydrogen-bond donors (Lipinski definition) is 2. The molecule has 0 amide bonds. The molecule has 0 aliphatic carbocycles. The van der Waals surface area contributed by atoms with Crippen LogP contribution in [0.2, 0.25) is 0 Å². The molecule has 2 N–H and O–H groups in total.